The van der Waals surface area contributed by atoms with Gasteiger partial charge in [0.15, 0.2) is 34.4 Å². The van der Waals surface area contributed by atoms with Gasteiger partial charge in [0.2, 0.25) is 0 Å². The average Bonchev–Trinajstić information content (AvgIpc) is 3.77. The first-order chi connectivity index (χ1) is 26.4. The van der Waals surface area contributed by atoms with Crippen molar-refractivity contribution in [3.05, 3.63) is 80.4 Å². The lowest BCUT2D eigenvalue weighted by atomic mass is 9.83. The number of phenols is 6. The zero-order valence-corrected chi connectivity index (χ0v) is 31.9. The van der Waals surface area contributed by atoms with Gasteiger partial charge < -0.3 is 30.6 Å². The molecule has 0 atom stereocenters. The van der Waals surface area contributed by atoms with Gasteiger partial charge in [-0.15, -0.1) is 0 Å². The topological polar surface area (TPSA) is 262 Å². The molecule has 0 unspecified atom stereocenters. The smallest absolute Gasteiger partial charge is 0.291 e. The van der Waals surface area contributed by atoms with E-state index in [2.05, 4.69) is 41.4 Å². The van der Waals surface area contributed by atoms with E-state index in [1.807, 2.05) is 27.7 Å². The number of benzene rings is 4. The van der Waals surface area contributed by atoms with Crippen LogP contribution >= 0.6 is 0 Å². The summed E-state index contributed by atoms with van der Waals surface area (Å²) >= 11 is 0. The second-order valence-electron chi connectivity index (χ2n) is 14.3. The predicted molar refractivity (Wildman–Crippen MR) is 211 cm³/mol. The van der Waals surface area contributed by atoms with E-state index >= 15 is 0 Å². The maximum absolute atomic E-state index is 12.7. The molecule has 16 heteroatoms. The van der Waals surface area contributed by atoms with Crippen LogP contribution in [0.15, 0.2) is 34.5 Å². The summed E-state index contributed by atoms with van der Waals surface area (Å²) in [4.78, 5) is 25.4. The molecule has 56 heavy (non-hydrogen) atoms. The fourth-order valence-corrected chi connectivity index (χ4v) is 7.12. The minimum absolute atomic E-state index is 0.0617. The molecule has 2 aromatic heterocycles. The Hall–Kier alpha value is -7.10. The van der Waals surface area contributed by atoms with Crippen LogP contribution in [0.5, 0.6) is 34.5 Å². The molecule has 0 aliphatic rings. The highest BCUT2D eigenvalue weighted by Gasteiger charge is 2.29. The van der Waals surface area contributed by atoms with Crippen molar-refractivity contribution in [1.82, 2.24) is 31.2 Å². The lowest BCUT2D eigenvalue weighted by molar-refractivity contribution is 0.0942. The Morgan fingerprint density at radius 2 is 0.946 bits per heavy atom. The molecule has 0 saturated carbocycles. The number of nitrogens with one attached hydrogen (secondary N) is 4. The number of aromatic hydroxyl groups is 6. The summed E-state index contributed by atoms with van der Waals surface area (Å²) in [7, 11) is 0. The van der Waals surface area contributed by atoms with Crippen LogP contribution in [0.4, 0.5) is 0 Å². The molecule has 6 aromatic rings. The van der Waals surface area contributed by atoms with Crippen molar-refractivity contribution in [2.45, 2.75) is 67.2 Å². The molecule has 10 N–H and O–H groups in total. The monoisotopic (exact) mass is 762 g/mol. The lowest BCUT2D eigenvalue weighted by Gasteiger charge is -2.23. The maximum atomic E-state index is 12.7. The van der Waals surface area contributed by atoms with Crippen molar-refractivity contribution in [1.29, 1.82) is 0 Å². The van der Waals surface area contributed by atoms with Crippen LogP contribution in [-0.2, 0) is 0 Å². The molecule has 16 nitrogen and oxygen atoms in total. The molecule has 0 aliphatic heterocycles. The van der Waals surface area contributed by atoms with Crippen molar-refractivity contribution in [3.63, 3.8) is 0 Å². The first kappa shape index (κ1) is 38.6. The van der Waals surface area contributed by atoms with Gasteiger partial charge in [0.25, 0.3) is 11.8 Å². The molecule has 4 aromatic carbocycles. The van der Waals surface area contributed by atoms with Crippen molar-refractivity contribution < 1.29 is 40.2 Å². The Morgan fingerprint density at radius 3 is 1.25 bits per heavy atom. The minimum Gasteiger partial charge on any atom is -0.507 e. The molecule has 0 fully saturated rings. The quantitative estimate of drug-likeness (QED) is 0.0443. The van der Waals surface area contributed by atoms with Crippen LogP contribution in [-0.4, -0.2) is 75.3 Å². The molecular weight excluding hydrogens is 720 g/mol. The summed E-state index contributed by atoms with van der Waals surface area (Å²) in [5.74, 6) is -4.84. The number of aromatic nitrogens is 4. The second-order valence-corrected chi connectivity index (χ2v) is 14.3. The minimum atomic E-state index is -0.653. The van der Waals surface area contributed by atoms with E-state index in [9.17, 15) is 40.2 Å². The third kappa shape index (κ3) is 6.54. The molecule has 0 saturated heterocycles. The Bertz CT molecular complexity index is 2470. The molecule has 0 aliphatic carbocycles. The number of hydrogen-bond donors (Lipinski definition) is 10. The molecule has 0 bridgehead atoms. The largest absolute Gasteiger partial charge is 0.507 e. The first-order valence-corrected chi connectivity index (χ1v) is 17.6. The third-order valence-corrected chi connectivity index (χ3v) is 9.59. The molecule has 0 radical (unpaired) electrons. The molecule has 0 spiro atoms. The summed E-state index contributed by atoms with van der Waals surface area (Å²) in [6.45, 7) is 14.1. The molecule has 6 rings (SSSR count). The highest BCUT2D eigenvalue weighted by molar-refractivity contribution is 6.15. The van der Waals surface area contributed by atoms with Gasteiger partial charge in [-0.1, -0.05) is 39.8 Å². The van der Waals surface area contributed by atoms with Gasteiger partial charge >= 0.3 is 0 Å². The standard InChI is InChI=1S/C40H42N8O8/c1-15(2)27-21-9-17(5)29(35(51)31(21)23(33(49)37(27)53)13-41-47-39(55)25-11-19(7)43-45-25)30-18(6)10-22-28(16(3)4)38(54)34(50)24(32(22)36(30)52)14-42-48-40(56)26-12-20(8)44-46-26/h9-16,49-54H,1-8H3,(H,43,45)(H,44,46)(H,47,55)(H,48,56)/b41-13+,42-14+. The normalized spacial score (nSPS) is 12.0. The van der Waals surface area contributed by atoms with Gasteiger partial charge in [-0.2, -0.15) is 20.4 Å². The number of hydrogen-bond acceptors (Lipinski definition) is 12. The number of carbonyl (C=O) groups is 2. The fraction of sp³-hybridized carbons (Fsp3) is 0.250. The fourth-order valence-electron chi connectivity index (χ4n) is 7.12. The molecule has 2 amide bonds. The Morgan fingerprint density at radius 1 is 0.589 bits per heavy atom. The lowest BCUT2D eigenvalue weighted by Crippen LogP contribution is -2.18. The van der Waals surface area contributed by atoms with Crippen molar-refractivity contribution in [2.75, 3.05) is 0 Å². The van der Waals surface area contributed by atoms with E-state index in [1.54, 1.807) is 39.8 Å². The van der Waals surface area contributed by atoms with Crippen LogP contribution in [0, 0.1) is 27.7 Å². The number of H-pyrrole nitrogens is 2. The number of rotatable bonds is 9. The number of aryl methyl sites for hydroxylation is 4. The number of aromatic amines is 2. The van der Waals surface area contributed by atoms with E-state index in [-0.39, 0.29) is 56.2 Å². The maximum Gasteiger partial charge on any atom is 0.291 e. The van der Waals surface area contributed by atoms with Crippen LogP contribution in [0.3, 0.4) is 0 Å². The van der Waals surface area contributed by atoms with E-state index in [0.717, 1.165) is 12.4 Å². The van der Waals surface area contributed by atoms with Gasteiger partial charge in [-0.3, -0.25) is 19.8 Å². The second kappa shape index (κ2) is 14.6. The number of nitrogens with zero attached hydrogens (tertiary/aromatic N) is 4. The number of phenolic OH excluding ortho intramolecular Hbond substituents is 6. The van der Waals surface area contributed by atoms with Crippen molar-refractivity contribution in [2.24, 2.45) is 10.2 Å². The van der Waals surface area contributed by atoms with Crippen LogP contribution in [0.1, 0.15) is 105 Å². The molecular formula is C40H42N8O8. The molecule has 2 heterocycles. The van der Waals surface area contributed by atoms with Crippen LogP contribution in [0.2, 0.25) is 0 Å². The van der Waals surface area contributed by atoms with Crippen LogP contribution < -0.4 is 10.9 Å². The van der Waals surface area contributed by atoms with Gasteiger partial charge in [0, 0.05) is 44.4 Å². The average molecular weight is 763 g/mol. The van der Waals surface area contributed by atoms with E-state index in [0.29, 0.717) is 44.4 Å². The summed E-state index contributed by atoms with van der Waals surface area (Å²) in [6.07, 6.45) is 2.18. The van der Waals surface area contributed by atoms with Crippen molar-refractivity contribution in [3.8, 4) is 45.6 Å². The highest BCUT2D eigenvalue weighted by atomic mass is 16.3. The van der Waals surface area contributed by atoms with Gasteiger partial charge in [0.1, 0.15) is 11.5 Å². The number of carbonyl (C=O) groups excluding carboxylic acids is 2. The van der Waals surface area contributed by atoms with Gasteiger partial charge in [-0.05, 0) is 73.6 Å². The van der Waals surface area contributed by atoms with Gasteiger partial charge in [0.05, 0.1) is 23.6 Å². The van der Waals surface area contributed by atoms with Gasteiger partial charge in [-0.25, -0.2) is 10.9 Å². The summed E-state index contributed by atoms with van der Waals surface area (Å²) in [5.41, 5.74) is 7.73. The SMILES string of the molecule is Cc1cc(C(=O)N/N=C/c2c(O)c(O)c(C(C)C)c3cc(C)c(-c4c(C)cc5c(C(C)C)c(O)c(O)c(/C=N/NC(=O)c6cc(C)[nH]n6)c5c4O)c(O)c23)n[nH]1. The molecule has 290 valence electrons. The predicted octanol–water partition coefficient (Wildman–Crippen LogP) is 6.35. The van der Waals surface area contributed by atoms with Crippen molar-refractivity contribution >= 4 is 45.8 Å². The summed E-state index contributed by atoms with van der Waals surface area (Å²) < 4.78 is 0. The van der Waals surface area contributed by atoms with E-state index < -0.39 is 46.3 Å². The Kier molecular flexibility index (Phi) is 10.1. The Labute approximate surface area is 320 Å². The van der Waals surface area contributed by atoms with Crippen LogP contribution in [0.25, 0.3) is 32.7 Å². The first-order valence-electron chi connectivity index (χ1n) is 17.6. The summed E-state index contributed by atoms with van der Waals surface area (Å²) in [6, 6.07) is 6.43. The van der Waals surface area contributed by atoms with E-state index in [1.165, 1.54) is 12.1 Å². The number of fused-ring (bicyclic) bond motifs is 2. The number of amides is 2. The third-order valence-electron chi connectivity index (χ3n) is 9.59. The number of hydrazone groups is 2. The highest BCUT2D eigenvalue weighted by Crippen LogP contribution is 2.54. The zero-order valence-electron chi connectivity index (χ0n) is 31.9. The van der Waals surface area contributed by atoms with E-state index in [4.69, 9.17) is 0 Å². The Balaban J connectivity index is 1.60. The summed E-state index contributed by atoms with van der Waals surface area (Å²) in [5, 5.41) is 91.7. The zero-order chi connectivity index (χ0) is 40.9.